The summed E-state index contributed by atoms with van der Waals surface area (Å²) in [7, 11) is 0. The van der Waals surface area contributed by atoms with E-state index in [1.165, 1.54) is 24.5 Å². The second-order valence-corrected chi connectivity index (χ2v) is 2.70. The van der Waals surface area contributed by atoms with Crippen molar-refractivity contribution in [2.45, 2.75) is 0 Å². The first kappa shape index (κ1) is 8.43. The molecule has 0 amide bonds. The summed E-state index contributed by atoms with van der Waals surface area (Å²) in [6.45, 7) is 0. The molecule has 2 aromatic heterocycles. The molecule has 70 valence electrons. The van der Waals surface area contributed by atoms with E-state index in [0.29, 0.717) is 0 Å². The average molecular weight is 189 g/mol. The van der Waals surface area contributed by atoms with Gasteiger partial charge in [-0.15, -0.1) is 0 Å². The predicted octanol–water partition coefficient (Wildman–Crippen LogP) is 0.329. The smallest absolute Gasteiger partial charge is 0.259 e. The normalized spacial score (nSPS) is 10.0. The highest BCUT2D eigenvalue weighted by Crippen LogP contribution is 2.00. The van der Waals surface area contributed by atoms with Crippen LogP contribution in [0.15, 0.2) is 35.4 Å². The summed E-state index contributed by atoms with van der Waals surface area (Å²) in [4.78, 5) is 25.3. The topological polar surface area (TPSA) is 78.6 Å². The highest BCUT2D eigenvalue weighted by atomic mass is 16.1. The fraction of sp³-hybridized carbons (Fsp3) is 0. The standard InChI is InChI=1S/C9H7N3O2/c13-8(7-3-5-11-12-7)6-2-1-4-10-9(6)14/h1-5H,(H,10,14)(H,11,12). The molecule has 2 rings (SSSR count). The molecule has 5 heteroatoms. The van der Waals surface area contributed by atoms with E-state index < -0.39 is 5.56 Å². The van der Waals surface area contributed by atoms with E-state index in [2.05, 4.69) is 15.2 Å². The molecular formula is C9H7N3O2. The molecule has 0 unspecified atom stereocenters. The van der Waals surface area contributed by atoms with Crippen LogP contribution in [0, 0.1) is 0 Å². The van der Waals surface area contributed by atoms with Gasteiger partial charge in [0.15, 0.2) is 0 Å². The fourth-order valence-corrected chi connectivity index (χ4v) is 1.13. The van der Waals surface area contributed by atoms with Crippen molar-refractivity contribution in [2.24, 2.45) is 0 Å². The van der Waals surface area contributed by atoms with E-state index >= 15 is 0 Å². The van der Waals surface area contributed by atoms with Crippen LogP contribution in [0.25, 0.3) is 0 Å². The van der Waals surface area contributed by atoms with E-state index in [1.54, 1.807) is 6.07 Å². The lowest BCUT2D eigenvalue weighted by Crippen LogP contribution is -2.17. The van der Waals surface area contributed by atoms with E-state index in [1.807, 2.05) is 0 Å². The van der Waals surface area contributed by atoms with Gasteiger partial charge < -0.3 is 4.98 Å². The van der Waals surface area contributed by atoms with Crippen molar-refractivity contribution in [2.75, 3.05) is 0 Å². The lowest BCUT2D eigenvalue weighted by molar-refractivity contribution is 0.103. The molecule has 0 aliphatic carbocycles. The number of carbonyl (C=O) groups excluding carboxylic acids is 1. The van der Waals surface area contributed by atoms with Crippen LogP contribution in [0.5, 0.6) is 0 Å². The molecule has 0 aromatic carbocycles. The minimum Gasteiger partial charge on any atom is -0.328 e. The summed E-state index contributed by atoms with van der Waals surface area (Å²) in [5.74, 6) is -0.381. The van der Waals surface area contributed by atoms with Crippen LogP contribution in [-0.4, -0.2) is 21.0 Å². The van der Waals surface area contributed by atoms with Crippen molar-refractivity contribution in [1.82, 2.24) is 15.2 Å². The number of nitrogens with zero attached hydrogens (tertiary/aromatic N) is 1. The summed E-state index contributed by atoms with van der Waals surface area (Å²) >= 11 is 0. The van der Waals surface area contributed by atoms with Gasteiger partial charge in [-0.3, -0.25) is 14.7 Å². The lowest BCUT2D eigenvalue weighted by Gasteiger charge is -1.94. The minimum atomic E-state index is -0.402. The zero-order chi connectivity index (χ0) is 9.97. The fourth-order valence-electron chi connectivity index (χ4n) is 1.13. The molecule has 0 saturated carbocycles. The Balaban J connectivity index is 2.48. The van der Waals surface area contributed by atoms with Gasteiger partial charge in [0.25, 0.3) is 5.56 Å². The molecule has 0 aliphatic rings. The van der Waals surface area contributed by atoms with E-state index in [4.69, 9.17) is 0 Å². The Morgan fingerprint density at radius 3 is 2.79 bits per heavy atom. The molecular weight excluding hydrogens is 182 g/mol. The van der Waals surface area contributed by atoms with Gasteiger partial charge in [0.1, 0.15) is 5.69 Å². The monoisotopic (exact) mass is 189 g/mol. The van der Waals surface area contributed by atoms with E-state index in [9.17, 15) is 9.59 Å². The average Bonchev–Trinajstić information content (AvgIpc) is 2.70. The predicted molar refractivity (Wildman–Crippen MR) is 49.1 cm³/mol. The third-order valence-corrected chi connectivity index (χ3v) is 1.80. The minimum absolute atomic E-state index is 0.0969. The van der Waals surface area contributed by atoms with Gasteiger partial charge >= 0.3 is 0 Å². The van der Waals surface area contributed by atoms with Crippen LogP contribution in [0.3, 0.4) is 0 Å². The first-order chi connectivity index (χ1) is 6.79. The van der Waals surface area contributed by atoms with Crippen LogP contribution in [0.1, 0.15) is 16.1 Å². The molecule has 2 N–H and O–H groups in total. The first-order valence-electron chi connectivity index (χ1n) is 4.01. The van der Waals surface area contributed by atoms with Crippen molar-refractivity contribution < 1.29 is 4.79 Å². The molecule has 0 fully saturated rings. The van der Waals surface area contributed by atoms with Gasteiger partial charge in [0.05, 0.1) is 5.56 Å². The number of hydrogen-bond acceptors (Lipinski definition) is 3. The number of aromatic amines is 2. The highest BCUT2D eigenvalue weighted by molar-refractivity contribution is 6.07. The number of hydrogen-bond donors (Lipinski definition) is 2. The number of ketones is 1. The van der Waals surface area contributed by atoms with Gasteiger partial charge in [-0.05, 0) is 18.2 Å². The number of H-pyrrole nitrogens is 2. The maximum Gasteiger partial charge on any atom is 0.259 e. The molecule has 0 spiro atoms. The SMILES string of the molecule is O=C(c1cc[nH]n1)c1ccc[nH]c1=O. The Kier molecular flexibility index (Phi) is 1.98. The second kappa shape index (κ2) is 3.29. The number of rotatable bonds is 2. The third kappa shape index (κ3) is 1.35. The van der Waals surface area contributed by atoms with Crippen molar-refractivity contribution in [3.63, 3.8) is 0 Å². The van der Waals surface area contributed by atoms with Gasteiger partial charge in [0, 0.05) is 12.4 Å². The zero-order valence-corrected chi connectivity index (χ0v) is 7.15. The first-order valence-corrected chi connectivity index (χ1v) is 4.01. The molecule has 2 aromatic rings. The van der Waals surface area contributed by atoms with Crippen LogP contribution >= 0.6 is 0 Å². The largest absolute Gasteiger partial charge is 0.328 e. The Morgan fingerprint density at radius 2 is 2.14 bits per heavy atom. The number of aromatic nitrogens is 3. The Bertz CT molecular complexity index is 499. The quantitative estimate of drug-likeness (QED) is 0.668. The molecule has 0 atom stereocenters. The molecule has 0 aliphatic heterocycles. The highest BCUT2D eigenvalue weighted by Gasteiger charge is 2.13. The van der Waals surface area contributed by atoms with Gasteiger partial charge in [0.2, 0.25) is 5.78 Å². The summed E-state index contributed by atoms with van der Waals surface area (Å²) in [5.41, 5.74) is -0.0678. The van der Waals surface area contributed by atoms with Crippen molar-refractivity contribution >= 4 is 5.78 Å². The van der Waals surface area contributed by atoms with Gasteiger partial charge in [-0.2, -0.15) is 5.10 Å². The molecule has 0 saturated heterocycles. The van der Waals surface area contributed by atoms with Gasteiger partial charge in [-0.25, -0.2) is 0 Å². The van der Waals surface area contributed by atoms with Gasteiger partial charge in [-0.1, -0.05) is 0 Å². The van der Waals surface area contributed by atoms with Crippen molar-refractivity contribution in [3.8, 4) is 0 Å². The number of carbonyl (C=O) groups is 1. The summed E-state index contributed by atoms with van der Waals surface area (Å²) in [6.07, 6.45) is 3.01. The summed E-state index contributed by atoms with van der Waals surface area (Å²) in [6, 6.07) is 4.59. The van der Waals surface area contributed by atoms with Crippen LogP contribution in [0.2, 0.25) is 0 Å². The molecule has 0 bridgehead atoms. The maximum atomic E-state index is 11.6. The summed E-state index contributed by atoms with van der Waals surface area (Å²) < 4.78 is 0. The molecule has 0 radical (unpaired) electrons. The third-order valence-electron chi connectivity index (χ3n) is 1.80. The summed E-state index contributed by atoms with van der Waals surface area (Å²) in [5, 5.41) is 6.22. The van der Waals surface area contributed by atoms with Crippen LogP contribution in [0.4, 0.5) is 0 Å². The number of nitrogens with one attached hydrogen (secondary N) is 2. The maximum absolute atomic E-state index is 11.6. The molecule has 5 nitrogen and oxygen atoms in total. The lowest BCUT2D eigenvalue weighted by atomic mass is 10.1. The van der Waals surface area contributed by atoms with Crippen LogP contribution in [-0.2, 0) is 0 Å². The Labute approximate surface area is 78.8 Å². The van der Waals surface area contributed by atoms with Crippen LogP contribution < -0.4 is 5.56 Å². The number of pyridine rings is 1. The Morgan fingerprint density at radius 1 is 1.29 bits per heavy atom. The zero-order valence-electron chi connectivity index (χ0n) is 7.15. The van der Waals surface area contributed by atoms with E-state index in [-0.39, 0.29) is 17.0 Å². The molecule has 2 heterocycles. The van der Waals surface area contributed by atoms with Crippen molar-refractivity contribution in [1.29, 1.82) is 0 Å². The van der Waals surface area contributed by atoms with E-state index in [0.717, 1.165) is 0 Å². The van der Waals surface area contributed by atoms with Crippen molar-refractivity contribution in [3.05, 3.63) is 52.2 Å². The molecule has 14 heavy (non-hydrogen) atoms. The Hall–Kier alpha value is -2.17. The second-order valence-electron chi connectivity index (χ2n) is 2.70.